The molecule has 122 valence electrons. The van der Waals surface area contributed by atoms with Gasteiger partial charge in [0, 0.05) is 29.3 Å². The highest BCUT2D eigenvalue weighted by Crippen LogP contribution is 2.34. The van der Waals surface area contributed by atoms with Gasteiger partial charge in [0.05, 0.1) is 0 Å². The molecule has 2 N–H and O–H groups in total. The maximum absolute atomic E-state index is 12.0. The highest BCUT2D eigenvalue weighted by Gasteiger charge is 2.31. The van der Waals surface area contributed by atoms with E-state index in [-0.39, 0.29) is 18.6 Å². The van der Waals surface area contributed by atoms with Gasteiger partial charge < -0.3 is 15.2 Å². The first-order valence-electron chi connectivity index (χ1n) is 7.88. The normalized spacial score (nSPS) is 18.1. The molecule has 1 aromatic carbocycles. The summed E-state index contributed by atoms with van der Waals surface area (Å²) in [4.78, 5) is 12.0. The third-order valence-corrected chi connectivity index (χ3v) is 4.35. The van der Waals surface area contributed by atoms with Gasteiger partial charge in [-0.3, -0.25) is 4.79 Å². The van der Waals surface area contributed by atoms with Gasteiger partial charge in [-0.2, -0.15) is 0 Å². The van der Waals surface area contributed by atoms with Gasteiger partial charge in [0.25, 0.3) is 0 Å². The molecular weight excluding hydrogens is 314 g/mol. The first kappa shape index (κ1) is 16.1. The predicted octanol–water partition coefficient (Wildman–Crippen LogP) is 2.95. The number of nitrogens with one attached hydrogen (secondary N) is 1. The molecule has 23 heavy (non-hydrogen) atoms. The average Bonchev–Trinajstić information content (AvgIpc) is 3.37. The van der Waals surface area contributed by atoms with E-state index in [1.807, 2.05) is 18.2 Å². The summed E-state index contributed by atoms with van der Waals surface area (Å²) in [6.07, 6.45) is 8.14. The van der Waals surface area contributed by atoms with Gasteiger partial charge in [0.2, 0.25) is 5.91 Å². The van der Waals surface area contributed by atoms with E-state index in [0.29, 0.717) is 24.0 Å². The lowest BCUT2D eigenvalue weighted by Gasteiger charge is -2.17. The Balaban J connectivity index is 1.62. The Hall–Kier alpha value is -1.78. The number of hydrogen-bond donors (Lipinski definition) is 2. The number of carbonyl (C=O) groups excluding carboxylic acids is 1. The van der Waals surface area contributed by atoms with Crippen LogP contribution in [0.5, 0.6) is 5.75 Å². The topological polar surface area (TPSA) is 58.6 Å². The van der Waals surface area contributed by atoms with Crippen molar-refractivity contribution in [1.82, 2.24) is 5.32 Å². The Kier molecular flexibility index (Phi) is 5.03. The molecule has 0 radical (unpaired) electrons. The summed E-state index contributed by atoms with van der Waals surface area (Å²) in [6, 6.07) is 5.56. The van der Waals surface area contributed by atoms with Crippen molar-refractivity contribution >= 4 is 23.6 Å². The third-order valence-electron chi connectivity index (χ3n) is 4.11. The van der Waals surface area contributed by atoms with Crippen LogP contribution in [0.25, 0.3) is 6.08 Å². The summed E-state index contributed by atoms with van der Waals surface area (Å²) < 4.78 is 5.65. The highest BCUT2D eigenvalue weighted by molar-refractivity contribution is 6.30. The number of hydrogen-bond acceptors (Lipinski definition) is 3. The minimum Gasteiger partial charge on any atom is -0.488 e. The lowest BCUT2D eigenvalue weighted by molar-refractivity contribution is -0.117. The number of fused-ring (bicyclic) bond motifs is 1. The second kappa shape index (κ2) is 7.20. The van der Waals surface area contributed by atoms with Crippen molar-refractivity contribution in [2.45, 2.75) is 25.3 Å². The lowest BCUT2D eigenvalue weighted by atomic mass is 10.1. The molecular formula is C18H20ClNO3. The summed E-state index contributed by atoms with van der Waals surface area (Å²) >= 11 is 5.99. The predicted molar refractivity (Wildman–Crippen MR) is 90.4 cm³/mol. The zero-order valence-corrected chi connectivity index (χ0v) is 13.6. The summed E-state index contributed by atoms with van der Waals surface area (Å²) in [6.45, 7) is 0.531. The molecule has 1 saturated carbocycles. The van der Waals surface area contributed by atoms with Crippen molar-refractivity contribution in [2.24, 2.45) is 5.92 Å². The van der Waals surface area contributed by atoms with Crippen LogP contribution in [0.1, 0.15) is 24.8 Å². The van der Waals surface area contributed by atoms with Crippen molar-refractivity contribution in [2.75, 3.05) is 13.2 Å². The zero-order chi connectivity index (χ0) is 16.2. The molecule has 2 aliphatic rings. The Morgan fingerprint density at radius 3 is 3.04 bits per heavy atom. The molecule has 1 atom stereocenters. The minimum absolute atomic E-state index is 0.0771. The molecule has 0 aromatic heterocycles. The van der Waals surface area contributed by atoms with Crippen LogP contribution in [0.3, 0.4) is 0 Å². The molecule has 1 aliphatic carbocycles. The summed E-state index contributed by atoms with van der Waals surface area (Å²) in [5.41, 5.74) is 1.83. The average molecular weight is 334 g/mol. The van der Waals surface area contributed by atoms with E-state index in [9.17, 15) is 4.79 Å². The van der Waals surface area contributed by atoms with E-state index in [2.05, 4.69) is 5.32 Å². The standard InChI is InChI=1S/C18H20ClNO3/c19-15-4-5-17-14(10-15)9-12(11-23-17)1-6-18(22)20-16(7-8-21)13-2-3-13/h1,4-6,9-10,13,16,21H,2-3,7-8,11H2,(H,20,22)/b6-1+. The second-order valence-corrected chi connectivity index (χ2v) is 6.42. The first-order valence-corrected chi connectivity index (χ1v) is 8.26. The van der Waals surface area contributed by atoms with Crippen LogP contribution in [0.15, 0.2) is 35.9 Å². The number of carbonyl (C=O) groups is 1. The number of aliphatic hydroxyl groups is 1. The number of benzene rings is 1. The highest BCUT2D eigenvalue weighted by atomic mass is 35.5. The van der Waals surface area contributed by atoms with E-state index in [0.717, 1.165) is 29.7 Å². The van der Waals surface area contributed by atoms with Crippen LogP contribution in [-0.4, -0.2) is 30.3 Å². The Labute approximate surface area is 140 Å². The summed E-state index contributed by atoms with van der Waals surface area (Å²) in [5, 5.41) is 12.7. The molecule has 0 spiro atoms. The molecule has 0 saturated heterocycles. The molecule has 1 heterocycles. The largest absolute Gasteiger partial charge is 0.488 e. The molecule has 0 bridgehead atoms. The number of ether oxygens (including phenoxy) is 1. The molecule has 1 unspecified atom stereocenters. The van der Waals surface area contributed by atoms with Crippen molar-refractivity contribution in [3.8, 4) is 5.75 Å². The van der Waals surface area contributed by atoms with Crippen molar-refractivity contribution < 1.29 is 14.6 Å². The smallest absolute Gasteiger partial charge is 0.244 e. The van der Waals surface area contributed by atoms with Crippen LogP contribution in [-0.2, 0) is 4.79 Å². The van der Waals surface area contributed by atoms with E-state index in [1.54, 1.807) is 12.1 Å². The van der Waals surface area contributed by atoms with Crippen LogP contribution >= 0.6 is 11.6 Å². The van der Waals surface area contributed by atoms with Gasteiger partial charge in [-0.1, -0.05) is 17.7 Å². The summed E-state index contributed by atoms with van der Waals surface area (Å²) in [7, 11) is 0. The SMILES string of the molecule is O=C(/C=C/C1=Cc2cc(Cl)ccc2OC1)NC(CCO)C1CC1. The molecule has 4 nitrogen and oxygen atoms in total. The Morgan fingerprint density at radius 1 is 1.48 bits per heavy atom. The van der Waals surface area contributed by atoms with Gasteiger partial charge in [-0.15, -0.1) is 0 Å². The third kappa shape index (κ3) is 4.36. The van der Waals surface area contributed by atoms with Gasteiger partial charge >= 0.3 is 0 Å². The van der Waals surface area contributed by atoms with Crippen molar-refractivity contribution in [3.05, 3.63) is 46.5 Å². The van der Waals surface area contributed by atoms with Crippen LogP contribution in [0.4, 0.5) is 0 Å². The molecule has 1 fully saturated rings. The Bertz CT molecular complexity index is 650. The lowest BCUT2D eigenvalue weighted by Crippen LogP contribution is -2.36. The minimum atomic E-state index is -0.131. The fourth-order valence-corrected chi connectivity index (χ4v) is 2.92. The number of amides is 1. The van der Waals surface area contributed by atoms with E-state index < -0.39 is 0 Å². The molecule has 1 amide bonds. The first-order chi connectivity index (χ1) is 11.2. The molecule has 1 aromatic rings. The molecule has 5 heteroatoms. The Morgan fingerprint density at radius 2 is 2.30 bits per heavy atom. The molecule has 1 aliphatic heterocycles. The maximum Gasteiger partial charge on any atom is 0.244 e. The maximum atomic E-state index is 12.0. The van der Waals surface area contributed by atoms with E-state index >= 15 is 0 Å². The van der Waals surface area contributed by atoms with Crippen LogP contribution in [0.2, 0.25) is 5.02 Å². The van der Waals surface area contributed by atoms with Crippen LogP contribution < -0.4 is 10.1 Å². The van der Waals surface area contributed by atoms with Crippen molar-refractivity contribution in [3.63, 3.8) is 0 Å². The second-order valence-electron chi connectivity index (χ2n) is 5.99. The zero-order valence-electron chi connectivity index (χ0n) is 12.8. The van der Waals surface area contributed by atoms with Crippen molar-refractivity contribution in [1.29, 1.82) is 0 Å². The monoisotopic (exact) mass is 333 g/mol. The molecule has 3 rings (SSSR count). The van der Waals surface area contributed by atoms with Gasteiger partial charge in [-0.25, -0.2) is 0 Å². The van der Waals surface area contributed by atoms with Gasteiger partial charge in [-0.05, 0) is 55.0 Å². The van der Waals surface area contributed by atoms with E-state index in [1.165, 1.54) is 6.08 Å². The number of aliphatic hydroxyl groups excluding tert-OH is 1. The van der Waals surface area contributed by atoms with Gasteiger partial charge in [0.1, 0.15) is 12.4 Å². The van der Waals surface area contributed by atoms with Gasteiger partial charge in [0.15, 0.2) is 0 Å². The van der Waals surface area contributed by atoms with E-state index in [4.69, 9.17) is 21.4 Å². The quantitative estimate of drug-likeness (QED) is 0.787. The number of halogens is 1. The fraction of sp³-hybridized carbons (Fsp3) is 0.389. The summed E-state index contributed by atoms with van der Waals surface area (Å²) in [5.74, 6) is 1.19. The number of rotatable bonds is 6. The fourth-order valence-electron chi connectivity index (χ4n) is 2.74. The van der Waals surface area contributed by atoms with Crippen LogP contribution in [0, 0.1) is 5.92 Å².